The number of nitrogens with one attached hydrogen (secondary N) is 2. The fourth-order valence-electron chi connectivity index (χ4n) is 2.60. The molecule has 0 aliphatic carbocycles. The van der Waals surface area contributed by atoms with Crippen molar-refractivity contribution >= 4 is 17.7 Å². The Morgan fingerprint density at radius 2 is 2.00 bits per heavy atom. The largest absolute Gasteiger partial charge is 0.493 e. The van der Waals surface area contributed by atoms with Crippen molar-refractivity contribution < 1.29 is 28.7 Å². The van der Waals surface area contributed by atoms with Crippen LogP contribution < -0.4 is 24.6 Å². The summed E-state index contributed by atoms with van der Waals surface area (Å²) in [5, 5.41) is 2.75. The van der Waals surface area contributed by atoms with Gasteiger partial charge in [-0.25, -0.2) is 4.79 Å². The van der Waals surface area contributed by atoms with Crippen molar-refractivity contribution in [2.45, 2.75) is 12.5 Å². The molecule has 1 heterocycles. The first-order valence-corrected chi connectivity index (χ1v) is 8.19. The van der Waals surface area contributed by atoms with Gasteiger partial charge in [0.1, 0.15) is 13.2 Å². The van der Waals surface area contributed by atoms with Crippen molar-refractivity contribution in [3.8, 4) is 11.5 Å². The molecule has 2 rings (SSSR count). The van der Waals surface area contributed by atoms with E-state index in [4.69, 9.17) is 14.2 Å². The molecule has 1 aliphatic rings. The number of carbonyl (C=O) groups excluding carboxylic acids is 2. The molecule has 1 aromatic rings. The van der Waals surface area contributed by atoms with Gasteiger partial charge in [0.2, 0.25) is 5.91 Å². The number of hydrogen-bond donors (Lipinski definition) is 2. The van der Waals surface area contributed by atoms with Gasteiger partial charge in [0.15, 0.2) is 11.5 Å². The van der Waals surface area contributed by atoms with Gasteiger partial charge in [-0.05, 0) is 12.1 Å². The van der Waals surface area contributed by atoms with Crippen LogP contribution in [0.15, 0.2) is 18.2 Å². The molecule has 0 unspecified atom stereocenters. The maximum Gasteiger partial charge on any atom is 0.407 e. The lowest BCUT2D eigenvalue weighted by Crippen LogP contribution is -3.06. The van der Waals surface area contributed by atoms with E-state index in [0.717, 1.165) is 6.54 Å². The lowest BCUT2D eigenvalue weighted by molar-refractivity contribution is -0.858. The molecule has 0 radical (unpaired) electrons. The number of anilines is 1. The van der Waals surface area contributed by atoms with Gasteiger partial charge in [-0.2, -0.15) is 0 Å². The topological polar surface area (TPSA) is 81.5 Å². The van der Waals surface area contributed by atoms with Crippen LogP contribution in [-0.4, -0.2) is 66.1 Å². The second kappa shape index (κ2) is 8.57. The highest BCUT2D eigenvalue weighted by Gasteiger charge is 2.32. The number of carbonyl (C=O) groups is 2. The zero-order valence-corrected chi connectivity index (χ0v) is 15.1. The van der Waals surface area contributed by atoms with Crippen LogP contribution in [0.2, 0.25) is 0 Å². The zero-order valence-electron chi connectivity index (χ0n) is 15.1. The van der Waals surface area contributed by atoms with Crippen LogP contribution in [-0.2, 0) is 9.53 Å². The Morgan fingerprint density at radius 3 is 2.64 bits per heavy atom. The van der Waals surface area contributed by atoms with Crippen LogP contribution in [0.5, 0.6) is 11.5 Å². The van der Waals surface area contributed by atoms with Crippen LogP contribution >= 0.6 is 0 Å². The van der Waals surface area contributed by atoms with E-state index in [9.17, 15) is 9.59 Å². The normalized spacial score (nSPS) is 16.9. The van der Waals surface area contributed by atoms with Crippen LogP contribution in [0, 0.1) is 0 Å². The quantitative estimate of drug-likeness (QED) is 0.703. The minimum absolute atomic E-state index is 0.0599. The number of nitrogens with zero attached hydrogens (tertiary/aromatic N) is 1. The number of methoxy groups -OCH3 is 2. The number of amides is 2. The molecule has 1 aliphatic heterocycles. The third kappa shape index (κ3) is 4.99. The summed E-state index contributed by atoms with van der Waals surface area (Å²) in [4.78, 5) is 26.9. The van der Waals surface area contributed by atoms with Gasteiger partial charge in [0, 0.05) is 24.7 Å². The fraction of sp³-hybridized carbons (Fsp3) is 0.529. The van der Waals surface area contributed by atoms with Crippen LogP contribution in [0.3, 0.4) is 0 Å². The molecule has 0 spiro atoms. The summed E-state index contributed by atoms with van der Waals surface area (Å²) in [5.74, 6) is 1.09. The van der Waals surface area contributed by atoms with Gasteiger partial charge in [-0.1, -0.05) is 0 Å². The van der Waals surface area contributed by atoms with E-state index in [2.05, 4.69) is 5.32 Å². The maximum absolute atomic E-state index is 12.3. The minimum Gasteiger partial charge on any atom is -0.493 e. The monoisotopic (exact) mass is 352 g/mol. The Kier molecular flexibility index (Phi) is 6.46. The van der Waals surface area contributed by atoms with Crippen LogP contribution in [0.4, 0.5) is 10.5 Å². The highest BCUT2D eigenvalue weighted by Crippen LogP contribution is 2.33. The Morgan fingerprint density at radius 1 is 1.28 bits per heavy atom. The van der Waals surface area contributed by atoms with Crippen molar-refractivity contribution in [3.63, 3.8) is 0 Å². The van der Waals surface area contributed by atoms with Crippen molar-refractivity contribution in [2.24, 2.45) is 0 Å². The molecule has 1 atom stereocenters. The summed E-state index contributed by atoms with van der Waals surface area (Å²) in [6.45, 7) is 1.46. The summed E-state index contributed by atoms with van der Waals surface area (Å²) in [7, 11) is 7.07. The van der Waals surface area contributed by atoms with Gasteiger partial charge in [-0.3, -0.25) is 4.79 Å². The van der Waals surface area contributed by atoms with E-state index in [-0.39, 0.29) is 18.4 Å². The smallest absolute Gasteiger partial charge is 0.407 e. The number of likely N-dealkylation sites (N-methyl/N-ethyl adjacent to an activating group) is 1. The minimum atomic E-state index is -0.492. The molecule has 8 nitrogen and oxygen atoms in total. The maximum atomic E-state index is 12.3. The van der Waals surface area contributed by atoms with Crippen molar-refractivity contribution in [1.82, 2.24) is 5.32 Å². The highest BCUT2D eigenvalue weighted by molar-refractivity contribution is 5.97. The molecular weight excluding hydrogens is 326 g/mol. The SMILES string of the molecule is COc1ccc(N2C[C@H](NC(=O)OCC[NH+](C)C)CC2=O)cc1OC. The number of rotatable bonds is 7. The van der Waals surface area contributed by atoms with Gasteiger partial charge in [0.25, 0.3) is 0 Å². The molecule has 25 heavy (non-hydrogen) atoms. The average molecular weight is 352 g/mol. The lowest BCUT2D eigenvalue weighted by atomic mass is 10.2. The molecule has 1 aromatic carbocycles. The molecule has 0 bridgehead atoms. The number of ether oxygens (including phenoxy) is 3. The molecule has 0 saturated carbocycles. The Balaban J connectivity index is 1.95. The van der Waals surface area contributed by atoms with Crippen LogP contribution in [0.1, 0.15) is 6.42 Å². The first-order valence-electron chi connectivity index (χ1n) is 8.19. The van der Waals surface area contributed by atoms with Crippen molar-refractivity contribution in [3.05, 3.63) is 18.2 Å². The van der Waals surface area contributed by atoms with E-state index in [1.165, 1.54) is 4.90 Å². The Labute approximate surface area is 147 Å². The molecule has 0 aromatic heterocycles. The molecule has 2 amide bonds. The predicted octanol–water partition coefficient (Wildman–Crippen LogP) is -0.320. The first kappa shape index (κ1) is 18.9. The van der Waals surface area contributed by atoms with Gasteiger partial charge in [-0.15, -0.1) is 0 Å². The van der Waals surface area contributed by atoms with E-state index in [0.29, 0.717) is 30.3 Å². The second-order valence-corrected chi connectivity index (χ2v) is 6.18. The van der Waals surface area contributed by atoms with E-state index >= 15 is 0 Å². The number of benzene rings is 1. The fourth-order valence-corrected chi connectivity index (χ4v) is 2.60. The predicted molar refractivity (Wildman–Crippen MR) is 92.5 cm³/mol. The lowest BCUT2D eigenvalue weighted by Gasteiger charge is -2.19. The van der Waals surface area contributed by atoms with E-state index in [1.807, 2.05) is 14.1 Å². The summed E-state index contributed by atoms with van der Waals surface area (Å²) in [6.07, 6.45) is -0.254. The average Bonchev–Trinajstić information content (AvgIpc) is 2.94. The van der Waals surface area contributed by atoms with Crippen molar-refractivity contribution in [2.75, 3.05) is 52.9 Å². The standard InChI is InChI=1S/C17H25N3O5/c1-19(2)7-8-25-17(22)18-12-9-16(21)20(11-12)13-5-6-14(23-3)15(10-13)24-4/h5-6,10,12H,7-9,11H2,1-4H3,(H,18,22)/p+1/t12-/m1/s1. The summed E-state index contributed by atoms with van der Waals surface area (Å²) in [6, 6.07) is 5.01. The molecule has 1 saturated heterocycles. The van der Waals surface area contributed by atoms with Gasteiger partial charge in [0.05, 0.1) is 34.4 Å². The van der Waals surface area contributed by atoms with E-state index < -0.39 is 6.09 Å². The number of alkyl carbamates (subject to hydrolysis) is 1. The summed E-state index contributed by atoms with van der Waals surface area (Å²) >= 11 is 0. The number of quaternary nitrogens is 1. The highest BCUT2D eigenvalue weighted by atomic mass is 16.5. The van der Waals surface area contributed by atoms with E-state index in [1.54, 1.807) is 37.3 Å². The zero-order chi connectivity index (χ0) is 18.4. The summed E-state index contributed by atoms with van der Waals surface area (Å²) < 4.78 is 15.6. The Bertz CT molecular complexity index is 620. The van der Waals surface area contributed by atoms with Gasteiger partial charge >= 0.3 is 6.09 Å². The second-order valence-electron chi connectivity index (χ2n) is 6.18. The molecular formula is C17H26N3O5+. The van der Waals surface area contributed by atoms with Crippen LogP contribution in [0.25, 0.3) is 0 Å². The molecule has 138 valence electrons. The Hall–Kier alpha value is -2.48. The third-order valence-corrected chi connectivity index (χ3v) is 3.96. The van der Waals surface area contributed by atoms with Gasteiger partial charge < -0.3 is 29.3 Å². The molecule has 8 heteroatoms. The number of hydrogen-bond acceptors (Lipinski definition) is 5. The van der Waals surface area contributed by atoms with Crippen molar-refractivity contribution in [1.29, 1.82) is 0 Å². The third-order valence-electron chi connectivity index (χ3n) is 3.96. The molecule has 2 N–H and O–H groups in total. The molecule has 1 fully saturated rings. The summed E-state index contributed by atoms with van der Waals surface area (Å²) in [5.41, 5.74) is 0.705. The first-order chi connectivity index (χ1) is 11.9.